The Morgan fingerprint density at radius 2 is 1.42 bits per heavy atom. The Morgan fingerprint density at radius 3 is 2.04 bits per heavy atom. The fourth-order valence-electron chi connectivity index (χ4n) is 2.07. The molecule has 0 bridgehead atoms. The average molecular weight is 325 g/mol. The van der Waals surface area contributed by atoms with Gasteiger partial charge in [0.1, 0.15) is 0 Å². The third-order valence-corrected chi connectivity index (χ3v) is 3.17. The normalized spacial score (nSPS) is 9.92. The average Bonchev–Trinajstić information content (AvgIpc) is 2.54. The van der Waals surface area contributed by atoms with Gasteiger partial charge in [-0.2, -0.15) is 0 Å². The molecule has 0 aliphatic rings. The van der Waals surface area contributed by atoms with Gasteiger partial charge >= 0.3 is 0 Å². The number of anilines is 3. The molecule has 2 aromatic rings. The Balaban J connectivity index is 2.11. The van der Waals surface area contributed by atoms with Crippen molar-refractivity contribution in [1.82, 2.24) is 0 Å². The first-order chi connectivity index (χ1) is 11.5. The van der Waals surface area contributed by atoms with Crippen LogP contribution in [0.4, 0.5) is 17.1 Å². The van der Waals surface area contributed by atoms with Gasteiger partial charge in [0.25, 0.3) is 5.91 Å². The first-order valence-electron chi connectivity index (χ1n) is 7.57. The molecule has 2 rings (SSSR count). The van der Waals surface area contributed by atoms with E-state index in [9.17, 15) is 14.4 Å². The Kier molecular flexibility index (Phi) is 5.68. The summed E-state index contributed by atoms with van der Waals surface area (Å²) in [6.07, 6.45) is 0.367. The summed E-state index contributed by atoms with van der Waals surface area (Å²) in [6.45, 7) is 3.18. The number of rotatable bonds is 5. The van der Waals surface area contributed by atoms with Gasteiger partial charge in [-0.1, -0.05) is 19.1 Å². The second-order valence-electron chi connectivity index (χ2n) is 5.20. The van der Waals surface area contributed by atoms with Crippen molar-refractivity contribution in [1.29, 1.82) is 0 Å². The van der Waals surface area contributed by atoms with E-state index in [4.69, 9.17) is 0 Å². The molecule has 0 fully saturated rings. The van der Waals surface area contributed by atoms with E-state index in [0.29, 0.717) is 29.0 Å². The minimum atomic E-state index is -0.303. The SMILES string of the molecule is CCC(=O)Nc1cccc(C(=O)Nc2cccc(NC(C)=O)c2)c1. The lowest BCUT2D eigenvalue weighted by Gasteiger charge is -2.09. The number of hydrogen-bond acceptors (Lipinski definition) is 3. The van der Waals surface area contributed by atoms with Crippen LogP contribution < -0.4 is 16.0 Å². The molecular weight excluding hydrogens is 306 g/mol. The maximum atomic E-state index is 12.3. The molecule has 0 saturated heterocycles. The van der Waals surface area contributed by atoms with E-state index in [2.05, 4.69) is 16.0 Å². The maximum absolute atomic E-state index is 12.3. The van der Waals surface area contributed by atoms with Gasteiger partial charge in [-0.15, -0.1) is 0 Å². The van der Waals surface area contributed by atoms with E-state index < -0.39 is 0 Å². The minimum absolute atomic E-state index is 0.115. The topological polar surface area (TPSA) is 87.3 Å². The quantitative estimate of drug-likeness (QED) is 0.788. The van der Waals surface area contributed by atoms with Gasteiger partial charge in [-0.3, -0.25) is 14.4 Å². The zero-order chi connectivity index (χ0) is 17.5. The van der Waals surface area contributed by atoms with Crippen molar-refractivity contribution in [3.05, 3.63) is 54.1 Å². The fraction of sp³-hybridized carbons (Fsp3) is 0.167. The Morgan fingerprint density at radius 1 is 0.833 bits per heavy atom. The summed E-state index contributed by atoms with van der Waals surface area (Å²) < 4.78 is 0. The molecule has 6 nitrogen and oxygen atoms in total. The van der Waals surface area contributed by atoms with Gasteiger partial charge in [-0.25, -0.2) is 0 Å². The molecule has 24 heavy (non-hydrogen) atoms. The predicted octanol–water partition coefficient (Wildman–Crippen LogP) is 3.25. The highest BCUT2D eigenvalue weighted by Gasteiger charge is 2.08. The lowest BCUT2D eigenvalue weighted by Crippen LogP contribution is -2.14. The summed E-state index contributed by atoms with van der Waals surface area (Å²) in [7, 11) is 0. The van der Waals surface area contributed by atoms with Gasteiger partial charge in [0.2, 0.25) is 11.8 Å². The van der Waals surface area contributed by atoms with E-state index >= 15 is 0 Å². The molecule has 0 aliphatic heterocycles. The predicted molar refractivity (Wildman–Crippen MR) is 94.1 cm³/mol. The van der Waals surface area contributed by atoms with Crippen LogP contribution in [-0.4, -0.2) is 17.7 Å². The highest BCUT2D eigenvalue weighted by atomic mass is 16.2. The third kappa shape index (κ3) is 4.95. The fourth-order valence-corrected chi connectivity index (χ4v) is 2.07. The molecular formula is C18H19N3O3. The van der Waals surface area contributed by atoms with Gasteiger partial charge in [-0.05, 0) is 36.4 Å². The molecule has 124 valence electrons. The number of nitrogens with one attached hydrogen (secondary N) is 3. The molecule has 0 unspecified atom stereocenters. The van der Waals surface area contributed by atoms with Crippen LogP contribution in [0.25, 0.3) is 0 Å². The molecule has 0 heterocycles. The van der Waals surface area contributed by atoms with Crippen LogP contribution in [0.15, 0.2) is 48.5 Å². The number of benzene rings is 2. The minimum Gasteiger partial charge on any atom is -0.326 e. The smallest absolute Gasteiger partial charge is 0.255 e. The van der Waals surface area contributed by atoms with Crippen molar-refractivity contribution >= 4 is 34.8 Å². The van der Waals surface area contributed by atoms with Crippen LogP contribution in [0.1, 0.15) is 30.6 Å². The third-order valence-electron chi connectivity index (χ3n) is 3.17. The molecule has 0 radical (unpaired) electrons. The van der Waals surface area contributed by atoms with E-state index in [0.717, 1.165) is 0 Å². The van der Waals surface area contributed by atoms with Crippen molar-refractivity contribution in [3.8, 4) is 0 Å². The molecule has 6 heteroatoms. The van der Waals surface area contributed by atoms with Crippen LogP contribution in [-0.2, 0) is 9.59 Å². The molecule has 0 saturated carbocycles. The molecule has 2 aromatic carbocycles. The van der Waals surface area contributed by atoms with E-state index in [1.54, 1.807) is 55.5 Å². The lowest BCUT2D eigenvalue weighted by molar-refractivity contribution is -0.116. The van der Waals surface area contributed by atoms with Gasteiger partial charge < -0.3 is 16.0 Å². The molecule has 0 aliphatic carbocycles. The second-order valence-corrected chi connectivity index (χ2v) is 5.20. The number of amides is 3. The van der Waals surface area contributed by atoms with Crippen LogP contribution in [0, 0.1) is 0 Å². The van der Waals surface area contributed by atoms with E-state index in [1.165, 1.54) is 6.92 Å². The zero-order valence-electron chi connectivity index (χ0n) is 13.6. The molecule has 0 aromatic heterocycles. The Bertz CT molecular complexity index is 772. The Hall–Kier alpha value is -3.15. The summed E-state index contributed by atoms with van der Waals surface area (Å²) in [5.74, 6) is -0.601. The summed E-state index contributed by atoms with van der Waals surface area (Å²) in [5.41, 5.74) is 2.16. The molecule has 0 atom stereocenters. The monoisotopic (exact) mass is 325 g/mol. The number of hydrogen-bond donors (Lipinski definition) is 3. The molecule has 3 N–H and O–H groups in total. The van der Waals surface area contributed by atoms with Crippen molar-refractivity contribution in [3.63, 3.8) is 0 Å². The van der Waals surface area contributed by atoms with Gasteiger partial charge in [0.05, 0.1) is 0 Å². The first-order valence-corrected chi connectivity index (χ1v) is 7.57. The summed E-state index contributed by atoms with van der Waals surface area (Å²) in [5, 5.41) is 8.14. The van der Waals surface area contributed by atoms with Crippen LogP contribution in [0.5, 0.6) is 0 Å². The van der Waals surface area contributed by atoms with E-state index in [-0.39, 0.29) is 17.7 Å². The maximum Gasteiger partial charge on any atom is 0.255 e. The Labute approximate surface area is 140 Å². The van der Waals surface area contributed by atoms with Crippen LogP contribution in [0.2, 0.25) is 0 Å². The van der Waals surface area contributed by atoms with Crippen LogP contribution in [0.3, 0.4) is 0 Å². The van der Waals surface area contributed by atoms with E-state index in [1.807, 2.05) is 0 Å². The standard InChI is InChI=1S/C18H19N3O3/c1-3-17(23)20-14-7-4-6-13(10-14)18(24)21-16-9-5-8-15(11-16)19-12(2)22/h4-11H,3H2,1-2H3,(H,19,22)(H,20,23)(H,21,24). The lowest BCUT2D eigenvalue weighted by atomic mass is 10.1. The van der Waals surface area contributed by atoms with Gasteiger partial charge in [0, 0.05) is 36.0 Å². The second kappa shape index (κ2) is 7.92. The van der Waals surface area contributed by atoms with Crippen LogP contribution >= 0.6 is 0 Å². The molecule has 3 amide bonds. The zero-order valence-corrected chi connectivity index (χ0v) is 13.6. The highest BCUT2D eigenvalue weighted by Crippen LogP contribution is 2.17. The summed E-state index contributed by atoms with van der Waals surface area (Å²) >= 11 is 0. The number of carbonyl (C=O) groups is 3. The molecule has 0 spiro atoms. The van der Waals surface area contributed by atoms with Crippen molar-refractivity contribution in [2.75, 3.05) is 16.0 Å². The van der Waals surface area contributed by atoms with Crippen molar-refractivity contribution in [2.45, 2.75) is 20.3 Å². The number of carbonyl (C=O) groups excluding carboxylic acids is 3. The summed E-state index contributed by atoms with van der Waals surface area (Å²) in [6, 6.07) is 13.6. The van der Waals surface area contributed by atoms with Crippen molar-refractivity contribution < 1.29 is 14.4 Å². The van der Waals surface area contributed by atoms with Gasteiger partial charge in [0.15, 0.2) is 0 Å². The van der Waals surface area contributed by atoms with Crippen molar-refractivity contribution in [2.24, 2.45) is 0 Å². The highest BCUT2D eigenvalue weighted by molar-refractivity contribution is 6.05. The summed E-state index contributed by atoms with van der Waals surface area (Å²) in [4.78, 5) is 34.9. The largest absolute Gasteiger partial charge is 0.326 e. The first kappa shape index (κ1) is 17.2.